The van der Waals surface area contributed by atoms with E-state index in [-0.39, 0.29) is 11.0 Å². The third-order valence-corrected chi connectivity index (χ3v) is 8.46. The standard InChI is InChI=1S/C30H26FN7OS/c31-26-9-8-25(40-26)20-10-11-33-30-21(20)14-24(36-30)29-28-23(37-38-29)7-6-22(35-28)18-13-19(16-32-15-18)34-27(39)12-17-4-2-1-3-5-17/h6-11,13-17H,1-5,12H2,(H,33,36)(H,34,39)(H,37,38). The molecule has 6 aromatic heterocycles. The number of anilines is 1. The van der Waals surface area contributed by atoms with Crippen molar-refractivity contribution in [2.75, 3.05) is 5.32 Å². The van der Waals surface area contributed by atoms with Gasteiger partial charge in [0.25, 0.3) is 0 Å². The van der Waals surface area contributed by atoms with E-state index in [4.69, 9.17) is 4.98 Å². The average molecular weight is 552 g/mol. The summed E-state index contributed by atoms with van der Waals surface area (Å²) in [5.74, 6) is 0.499. The van der Waals surface area contributed by atoms with Crippen LogP contribution in [-0.4, -0.2) is 36.0 Å². The number of pyridine rings is 3. The molecule has 1 fully saturated rings. The van der Waals surface area contributed by atoms with E-state index in [0.717, 1.165) is 62.5 Å². The number of hydrogen-bond donors (Lipinski definition) is 3. The smallest absolute Gasteiger partial charge is 0.224 e. The predicted octanol–water partition coefficient (Wildman–Crippen LogP) is 7.34. The number of rotatable bonds is 6. The minimum Gasteiger partial charge on any atom is -0.338 e. The van der Waals surface area contributed by atoms with Crippen molar-refractivity contribution in [3.63, 3.8) is 0 Å². The molecule has 200 valence electrons. The van der Waals surface area contributed by atoms with Crippen LogP contribution >= 0.6 is 11.3 Å². The van der Waals surface area contributed by atoms with E-state index in [2.05, 4.69) is 30.5 Å². The van der Waals surface area contributed by atoms with E-state index in [0.29, 0.717) is 34.9 Å². The van der Waals surface area contributed by atoms with Crippen LogP contribution in [0.25, 0.3) is 55.2 Å². The Morgan fingerprint density at radius 2 is 1.98 bits per heavy atom. The third kappa shape index (κ3) is 4.75. The first kappa shape index (κ1) is 24.6. The van der Waals surface area contributed by atoms with Crippen molar-refractivity contribution >= 4 is 45.0 Å². The van der Waals surface area contributed by atoms with E-state index in [1.54, 1.807) is 24.7 Å². The van der Waals surface area contributed by atoms with E-state index in [1.807, 2.05) is 30.3 Å². The maximum atomic E-state index is 13.7. The molecule has 0 spiro atoms. The number of nitrogens with one attached hydrogen (secondary N) is 3. The minimum atomic E-state index is -0.229. The maximum Gasteiger partial charge on any atom is 0.224 e. The van der Waals surface area contributed by atoms with E-state index < -0.39 is 0 Å². The van der Waals surface area contributed by atoms with E-state index >= 15 is 0 Å². The zero-order valence-corrected chi connectivity index (χ0v) is 22.4. The van der Waals surface area contributed by atoms with Gasteiger partial charge in [-0.1, -0.05) is 19.3 Å². The van der Waals surface area contributed by atoms with Crippen molar-refractivity contribution in [2.45, 2.75) is 38.5 Å². The van der Waals surface area contributed by atoms with Gasteiger partial charge in [0, 0.05) is 40.2 Å². The second kappa shape index (κ2) is 10.3. The highest BCUT2D eigenvalue weighted by Crippen LogP contribution is 2.36. The van der Waals surface area contributed by atoms with Crippen molar-refractivity contribution < 1.29 is 9.18 Å². The Labute approximate surface area is 233 Å². The number of hydrogen-bond acceptors (Lipinski definition) is 6. The molecule has 7 rings (SSSR count). The zero-order chi connectivity index (χ0) is 27.1. The molecular formula is C30H26FN7OS. The normalized spacial score (nSPS) is 14.2. The number of amides is 1. The van der Waals surface area contributed by atoms with Gasteiger partial charge in [-0.05, 0) is 61.2 Å². The summed E-state index contributed by atoms with van der Waals surface area (Å²) in [4.78, 5) is 30.6. The first-order valence-corrected chi connectivity index (χ1v) is 14.3. The summed E-state index contributed by atoms with van der Waals surface area (Å²) < 4.78 is 13.7. The number of aromatic amines is 2. The van der Waals surface area contributed by atoms with Gasteiger partial charge >= 0.3 is 0 Å². The molecule has 8 nitrogen and oxygen atoms in total. The average Bonchev–Trinajstić information content (AvgIpc) is 3.71. The molecule has 0 atom stereocenters. The summed E-state index contributed by atoms with van der Waals surface area (Å²) in [7, 11) is 0. The first-order valence-electron chi connectivity index (χ1n) is 13.4. The van der Waals surface area contributed by atoms with Crippen molar-refractivity contribution in [1.29, 1.82) is 0 Å². The number of carbonyl (C=O) groups excluding carboxylic acids is 1. The molecule has 6 aromatic rings. The highest BCUT2D eigenvalue weighted by Gasteiger charge is 2.19. The van der Waals surface area contributed by atoms with Gasteiger partial charge < -0.3 is 10.3 Å². The summed E-state index contributed by atoms with van der Waals surface area (Å²) in [5, 5.41) is 11.3. The molecule has 0 aromatic carbocycles. The van der Waals surface area contributed by atoms with Crippen LogP contribution in [0.2, 0.25) is 0 Å². The highest BCUT2D eigenvalue weighted by molar-refractivity contribution is 7.14. The lowest BCUT2D eigenvalue weighted by Gasteiger charge is -2.20. The van der Waals surface area contributed by atoms with E-state index in [9.17, 15) is 9.18 Å². The number of carbonyl (C=O) groups is 1. The number of H-pyrrole nitrogens is 2. The molecule has 1 aliphatic carbocycles. The van der Waals surface area contributed by atoms with E-state index in [1.165, 1.54) is 25.3 Å². The van der Waals surface area contributed by atoms with Gasteiger partial charge in [0.05, 0.1) is 28.8 Å². The summed E-state index contributed by atoms with van der Waals surface area (Å²) in [6.45, 7) is 0. The highest BCUT2D eigenvalue weighted by atomic mass is 32.1. The van der Waals surface area contributed by atoms with Crippen molar-refractivity contribution in [1.82, 2.24) is 30.1 Å². The van der Waals surface area contributed by atoms with Gasteiger partial charge in [-0.25, -0.2) is 9.97 Å². The molecule has 0 saturated heterocycles. The van der Waals surface area contributed by atoms with Crippen LogP contribution < -0.4 is 5.32 Å². The molecule has 3 N–H and O–H groups in total. The lowest BCUT2D eigenvalue weighted by atomic mass is 9.87. The number of halogens is 1. The Morgan fingerprint density at radius 1 is 1.07 bits per heavy atom. The topological polar surface area (TPSA) is 112 Å². The second-order valence-corrected chi connectivity index (χ2v) is 11.3. The lowest BCUT2D eigenvalue weighted by molar-refractivity contribution is -0.117. The van der Waals surface area contributed by atoms with Crippen molar-refractivity contribution in [3.8, 4) is 33.1 Å². The molecule has 0 radical (unpaired) electrons. The molecular weight excluding hydrogens is 525 g/mol. The molecule has 0 aliphatic heterocycles. The molecule has 1 aliphatic rings. The number of fused-ring (bicyclic) bond motifs is 2. The fourth-order valence-corrected chi connectivity index (χ4v) is 6.36. The second-order valence-electron chi connectivity index (χ2n) is 10.3. The first-order chi connectivity index (χ1) is 19.6. The predicted molar refractivity (Wildman–Crippen MR) is 155 cm³/mol. The summed E-state index contributed by atoms with van der Waals surface area (Å²) in [5.41, 5.74) is 6.66. The Bertz CT molecular complexity index is 1850. The summed E-state index contributed by atoms with van der Waals surface area (Å²) in [6, 6.07) is 12.9. The van der Waals surface area contributed by atoms with Crippen LogP contribution in [0.5, 0.6) is 0 Å². The van der Waals surface area contributed by atoms with Crippen LogP contribution in [0, 0.1) is 11.0 Å². The molecule has 1 amide bonds. The summed E-state index contributed by atoms with van der Waals surface area (Å²) >= 11 is 1.10. The number of nitrogens with zero attached hydrogens (tertiary/aromatic N) is 4. The van der Waals surface area contributed by atoms with Crippen LogP contribution in [0.3, 0.4) is 0 Å². The number of thiophene rings is 1. The van der Waals surface area contributed by atoms with Crippen molar-refractivity contribution in [2.24, 2.45) is 5.92 Å². The van der Waals surface area contributed by atoms with Crippen LogP contribution in [-0.2, 0) is 4.79 Å². The molecule has 10 heteroatoms. The van der Waals surface area contributed by atoms with Gasteiger partial charge in [-0.15, -0.1) is 11.3 Å². The largest absolute Gasteiger partial charge is 0.338 e. The molecule has 0 unspecified atom stereocenters. The lowest BCUT2D eigenvalue weighted by Crippen LogP contribution is -2.18. The minimum absolute atomic E-state index is 0.0310. The van der Waals surface area contributed by atoms with Gasteiger partial charge in [0.1, 0.15) is 16.9 Å². The Kier molecular flexibility index (Phi) is 6.31. The summed E-state index contributed by atoms with van der Waals surface area (Å²) in [6.07, 6.45) is 11.6. The third-order valence-electron chi connectivity index (χ3n) is 7.55. The monoisotopic (exact) mass is 551 g/mol. The van der Waals surface area contributed by atoms with Crippen LogP contribution in [0.1, 0.15) is 38.5 Å². The Balaban J connectivity index is 1.19. The van der Waals surface area contributed by atoms with Gasteiger partial charge in [0.2, 0.25) is 5.91 Å². The molecule has 6 heterocycles. The van der Waals surface area contributed by atoms with Crippen molar-refractivity contribution in [3.05, 3.63) is 66.2 Å². The van der Waals surface area contributed by atoms with Gasteiger partial charge in [-0.3, -0.25) is 14.9 Å². The SMILES string of the molecule is O=C(CC1CCCCC1)Nc1cncc(-c2ccc3[nH]nc(-c4cc5c(-c6ccc(F)s6)ccnc5[nH]4)c3n2)c1. The van der Waals surface area contributed by atoms with Gasteiger partial charge in [-0.2, -0.15) is 9.49 Å². The Hall–Kier alpha value is -4.44. The molecule has 0 bridgehead atoms. The zero-order valence-electron chi connectivity index (χ0n) is 21.6. The maximum absolute atomic E-state index is 13.7. The fourth-order valence-electron chi connectivity index (χ4n) is 5.59. The van der Waals surface area contributed by atoms with Crippen LogP contribution in [0.4, 0.5) is 10.1 Å². The fraction of sp³-hybridized carbons (Fsp3) is 0.233. The quantitative estimate of drug-likeness (QED) is 0.200. The molecule has 40 heavy (non-hydrogen) atoms. The number of aromatic nitrogens is 6. The van der Waals surface area contributed by atoms with Crippen LogP contribution in [0.15, 0.2) is 61.1 Å². The molecule has 1 saturated carbocycles. The van der Waals surface area contributed by atoms with Gasteiger partial charge in [0.15, 0.2) is 5.13 Å². The Morgan fingerprint density at radius 3 is 2.83 bits per heavy atom.